The zero-order valence-corrected chi connectivity index (χ0v) is 21.7. The Labute approximate surface area is 220 Å². The van der Waals surface area contributed by atoms with E-state index in [1.807, 2.05) is 54.2 Å². The summed E-state index contributed by atoms with van der Waals surface area (Å²) >= 11 is 0. The minimum absolute atomic E-state index is 0.149. The van der Waals surface area contributed by atoms with Gasteiger partial charge in [0.05, 0.1) is 18.8 Å². The lowest BCUT2D eigenvalue weighted by Crippen LogP contribution is -2.35. The van der Waals surface area contributed by atoms with E-state index >= 15 is 0 Å². The predicted molar refractivity (Wildman–Crippen MR) is 143 cm³/mol. The van der Waals surface area contributed by atoms with Crippen LogP contribution in [0, 0.1) is 13.8 Å². The maximum absolute atomic E-state index is 13.8. The van der Waals surface area contributed by atoms with Gasteiger partial charge in [0, 0.05) is 35.4 Å². The Morgan fingerprint density at radius 3 is 2.76 bits per heavy atom. The monoisotopic (exact) mass is 509 g/mol. The van der Waals surface area contributed by atoms with Crippen molar-refractivity contribution in [3.05, 3.63) is 105 Å². The minimum atomic E-state index is -0.509. The third kappa shape index (κ3) is 4.77. The molecule has 9 nitrogen and oxygen atoms in total. The predicted octanol–water partition coefficient (Wildman–Crippen LogP) is 5.03. The molecule has 1 saturated carbocycles. The summed E-state index contributed by atoms with van der Waals surface area (Å²) in [5.74, 6) is 1.46. The third-order valence-corrected chi connectivity index (χ3v) is 7.48. The smallest absolute Gasteiger partial charge is 0.253 e. The van der Waals surface area contributed by atoms with Crippen molar-refractivity contribution in [3.63, 3.8) is 0 Å². The standard InChI is InChI=1S/C29H31N7O2/c1-19-13-20(2)24-15-25(29(37)31-26(24)14-19)27(28-32-33-34-36(28)22-8-3-4-9-22)35(18-23-10-6-12-38-23)17-21-7-5-11-30-16-21/h5-7,10-16,22,27H,3-4,8-9,17-18H2,1-2H3,(H,31,37). The number of aromatic nitrogens is 6. The van der Waals surface area contributed by atoms with Gasteiger partial charge in [-0.3, -0.25) is 14.7 Å². The molecule has 1 aromatic carbocycles. The molecule has 1 unspecified atom stereocenters. The fourth-order valence-corrected chi connectivity index (χ4v) is 5.75. The number of pyridine rings is 2. The number of furan rings is 1. The molecule has 1 aliphatic rings. The van der Waals surface area contributed by atoms with Gasteiger partial charge >= 0.3 is 0 Å². The molecule has 0 saturated heterocycles. The zero-order chi connectivity index (χ0) is 26.1. The van der Waals surface area contributed by atoms with Crippen LogP contribution in [0.25, 0.3) is 10.9 Å². The Balaban J connectivity index is 1.55. The van der Waals surface area contributed by atoms with Crippen molar-refractivity contribution < 1.29 is 4.42 Å². The van der Waals surface area contributed by atoms with Crippen molar-refractivity contribution in [1.82, 2.24) is 35.1 Å². The minimum Gasteiger partial charge on any atom is -0.468 e. The van der Waals surface area contributed by atoms with Gasteiger partial charge < -0.3 is 9.40 Å². The number of aromatic amines is 1. The van der Waals surface area contributed by atoms with Crippen molar-refractivity contribution in [2.75, 3.05) is 0 Å². The van der Waals surface area contributed by atoms with E-state index in [1.54, 1.807) is 12.5 Å². The van der Waals surface area contributed by atoms with Crippen molar-refractivity contribution in [1.29, 1.82) is 0 Å². The number of benzene rings is 1. The molecule has 38 heavy (non-hydrogen) atoms. The van der Waals surface area contributed by atoms with Crippen LogP contribution in [0.5, 0.6) is 0 Å². The molecule has 0 amide bonds. The van der Waals surface area contributed by atoms with Crippen LogP contribution in [0.2, 0.25) is 0 Å². The van der Waals surface area contributed by atoms with Crippen molar-refractivity contribution in [3.8, 4) is 0 Å². The van der Waals surface area contributed by atoms with Gasteiger partial charge in [0.2, 0.25) is 0 Å². The number of fused-ring (bicyclic) bond motifs is 1. The Hall–Kier alpha value is -4.11. The highest BCUT2D eigenvalue weighted by atomic mass is 16.3. The first-order valence-electron chi connectivity index (χ1n) is 13.1. The van der Waals surface area contributed by atoms with Crippen molar-refractivity contribution in [2.24, 2.45) is 0 Å². The van der Waals surface area contributed by atoms with Gasteiger partial charge in [-0.2, -0.15) is 0 Å². The number of H-pyrrole nitrogens is 1. The summed E-state index contributed by atoms with van der Waals surface area (Å²) in [5.41, 5.74) is 4.52. The first kappa shape index (κ1) is 24.2. The third-order valence-electron chi connectivity index (χ3n) is 7.48. The average molecular weight is 510 g/mol. The molecule has 0 spiro atoms. The topological polar surface area (TPSA) is 106 Å². The van der Waals surface area contributed by atoms with E-state index in [4.69, 9.17) is 4.42 Å². The summed E-state index contributed by atoms with van der Waals surface area (Å²) < 4.78 is 7.71. The highest BCUT2D eigenvalue weighted by molar-refractivity contribution is 5.83. The van der Waals surface area contributed by atoms with Crippen LogP contribution in [-0.4, -0.2) is 35.1 Å². The first-order chi connectivity index (χ1) is 18.6. The SMILES string of the molecule is Cc1cc(C)c2cc(C(c3nnnn3C3CCCC3)N(Cc3cccnc3)Cc3ccco3)c(=O)[nH]c2c1. The molecule has 4 heterocycles. The van der Waals surface area contributed by atoms with E-state index in [0.717, 1.165) is 59.0 Å². The van der Waals surface area contributed by atoms with E-state index in [2.05, 4.69) is 43.4 Å². The molecular weight excluding hydrogens is 478 g/mol. The lowest BCUT2D eigenvalue weighted by Gasteiger charge is -2.31. The number of nitrogens with zero attached hydrogens (tertiary/aromatic N) is 6. The summed E-state index contributed by atoms with van der Waals surface area (Å²) in [4.78, 5) is 23.5. The second-order valence-electron chi connectivity index (χ2n) is 10.3. The van der Waals surface area contributed by atoms with Crippen LogP contribution in [0.1, 0.15) is 71.6 Å². The molecule has 0 radical (unpaired) electrons. The first-order valence-corrected chi connectivity index (χ1v) is 13.1. The molecule has 9 heteroatoms. The Morgan fingerprint density at radius 2 is 2.00 bits per heavy atom. The highest BCUT2D eigenvalue weighted by Gasteiger charge is 2.34. The molecular formula is C29H31N7O2. The summed E-state index contributed by atoms with van der Waals surface area (Å²) in [5, 5.41) is 14.1. The van der Waals surface area contributed by atoms with E-state index in [-0.39, 0.29) is 11.6 Å². The van der Waals surface area contributed by atoms with Crippen LogP contribution >= 0.6 is 0 Å². The largest absolute Gasteiger partial charge is 0.468 e. The quantitative estimate of drug-likeness (QED) is 0.313. The summed E-state index contributed by atoms with van der Waals surface area (Å²) in [6, 6.07) is 13.7. The van der Waals surface area contributed by atoms with Gasteiger partial charge in [0.25, 0.3) is 5.56 Å². The molecule has 5 aromatic rings. The number of hydrogen-bond donors (Lipinski definition) is 1. The summed E-state index contributed by atoms with van der Waals surface area (Å²) in [6.45, 7) is 5.11. The van der Waals surface area contributed by atoms with Gasteiger partial charge in [0.15, 0.2) is 5.82 Å². The van der Waals surface area contributed by atoms with Crippen LogP contribution in [-0.2, 0) is 13.1 Å². The average Bonchev–Trinajstić information content (AvgIpc) is 3.68. The van der Waals surface area contributed by atoms with Crippen molar-refractivity contribution in [2.45, 2.75) is 64.7 Å². The van der Waals surface area contributed by atoms with Crippen LogP contribution < -0.4 is 5.56 Å². The zero-order valence-electron chi connectivity index (χ0n) is 21.7. The number of hydrogen-bond acceptors (Lipinski definition) is 7. The fraction of sp³-hybridized carbons (Fsp3) is 0.345. The molecule has 1 fully saturated rings. The second-order valence-corrected chi connectivity index (χ2v) is 10.3. The Morgan fingerprint density at radius 1 is 1.13 bits per heavy atom. The van der Waals surface area contributed by atoms with E-state index in [1.165, 1.54) is 0 Å². The molecule has 1 aliphatic carbocycles. The Bertz CT molecular complexity index is 1580. The van der Waals surface area contributed by atoms with Gasteiger partial charge in [-0.1, -0.05) is 25.0 Å². The fourth-order valence-electron chi connectivity index (χ4n) is 5.75. The molecule has 0 aliphatic heterocycles. The maximum atomic E-state index is 13.8. The van der Waals surface area contributed by atoms with Gasteiger partial charge in [0.1, 0.15) is 11.8 Å². The second kappa shape index (κ2) is 10.3. The number of aryl methyl sites for hydroxylation is 2. The van der Waals surface area contributed by atoms with Gasteiger partial charge in [-0.25, -0.2) is 4.68 Å². The van der Waals surface area contributed by atoms with E-state index in [0.29, 0.717) is 24.5 Å². The molecule has 0 bridgehead atoms. The van der Waals surface area contributed by atoms with Gasteiger partial charge in [-0.05, 0) is 84.1 Å². The maximum Gasteiger partial charge on any atom is 0.253 e. The molecule has 1 atom stereocenters. The van der Waals surface area contributed by atoms with Gasteiger partial charge in [-0.15, -0.1) is 5.10 Å². The Kier molecular flexibility index (Phi) is 6.59. The van der Waals surface area contributed by atoms with Crippen LogP contribution in [0.3, 0.4) is 0 Å². The summed E-state index contributed by atoms with van der Waals surface area (Å²) in [7, 11) is 0. The molecule has 1 N–H and O–H groups in total. The normalized spacial score (nSPS) is 15.0. The summed E-state index contributed by atoms with van der Waals surface area (Å²) in [6.07, 6.45) is 9.63. The molecule has 194 valence electrons. The van der Waals surface area contributed by atoms with Crippen LogP contribution in [0.15, 0.2) is 70.3 Å². The number of rotatable bonds is 8. The lowest BCUT2D eigenvalue weighted by molar-refractivity contribution is 0.176. The molecule has 4 aromatic heterocycles. The number of nitrogens with one attached hydrogen (secondary N) is 1. The number of tetrazole rings is 1. The van der Waals surface area contributed by atoms with E-state index in [9.17, 15) is 4.79 Å². The lowest BCUT2D eigenvalue weighted by atomic mass is 9.99. The highest BCUT2D eigenvalue weighted by Crippen LogP contribution is 2.35. The van der Waals surface area contributed by atoms with Crippen LogP contribution in [0.4, 0.5) is 0 Å². The molecule has 6 rings (SSSR count). The van der Waals surface area contributed by atoms with Crippen molar-refractivity contribution >= 4 is 10.9 Å². The van der Waals surface area contributed by atoms with E-state index < -0.39 is 6.04 Å².